The topological polar surface area (TPSA) is 9.72 Å². The van der Waals surface area contributed by atoms with E-state index in [1.807, 2.05) is 36.2 Å². The number of nitrogens with zero attached hydrogens (tertiary/aromatic N) is 3. The van der Waals surface area contributed by atoms with Gasteiger partial charge in [0.1, 0.15) is 0 Å². The molecule has 7 heteroatoms. The van der Waals surface area contributed by atoms with Crippen molar-refractivity contribution < 1.29 is 13.2 Å². The van der Waals surface area contributed by atoms with Gasteiger partial charge in [-0.1, -0.05) is 23.9 Å². The van der Waals surface area contributed by atoms with Gasteiger partial charge in [-0.15, -0.1) is 0 Å². The smallest absolute Gasteiger partial charge is 0.377 e. The van der Waals surface area contributed by atoms with Gasteiger partial charge in [0, 0.05) is 55.4 Å². The molecule has 2 aromatic carbocycles. The van der Waals surface area contributed by atoms with Crippen molar-refractivity contribution in [3.63, 3.8) is 0 Å². The van der Waals surface area contributed by atoms with Crippen LogP contribution >= 0.6 is 11.8 Å². The number of hydrogen-bond acceptors (Lipinski definition) is 4. The van der Waals surface area contributed by atoms with Crippen LogP contribution in [0.1, 0.15) is 12.0 Å². The summed E-state index contributed by atoms with van der Waals surface area (Å²) in [6, 6.07) is 12.0. The van der Waals surface area contributed by atoms with E-state index in [1.54, 1.807) is 6.07 Å². The molecular formula is C21H22F3N3S. The van der Waals surface area contributed by atoms with Crippen molar-refractivity contribution in [3.05, 3.63) is 60.4 Å². The number of likely N-dealkylation sites (N-methyl/N-ethyl adjacent to an activating group) is 1. The molecule has 0 saturated heterocycles. The van der Waals surface area contributed by atoms with Crippen LogP contribution in [0.25, 0.3) is 0 Å². The maximum Gasteiger partial charge on any atom is 0.416 e. The largest absolute Gasteiger partial charge is 0.416 e. The Morgan fingerprint density at radius 2 is 1.71 bits per heavy atom. The van der Waals surface area contributed by atoms with Crippen LogP contribution in [0.3, 0.4) is 0 Å². The summed E-state index contributed by atoms with van der Waals surface area (Å²) in [7, 11) is 2.05. The van der Waals surface area contributed by atoms with E-state index in [9.17, 15) is 13.2 Å². The quantitative estimate of drug-likeness (QED) is 0.672. The molecule has 0 radical (unpaired) electrons. The average Bonchev–Trinajstić information content (AvgIpc) is 2.68. The summed E-state index contributed by atoms with van der Waals surface area (Å²) in [5, 5.41) is 0. The monoisotopic (exact) mass is 405 g/mol. The lowest BCUT2D eigenvalue weighted by molar-refractivity contribution is -0.137. The van der Waals surface area contributed by atoms with Gasteiger partial charge in [-0.05, 0) is 36.8 Å². The molecule has 0 fully saturated rings. The van der Waals surface area contributed by atoms with Gasteiger partial charge < -0.3 is 14.7 Å². The van der Waals surface area contributed by atoms with E-state index < -0.39 is 11.7 Å². The van der Waals surface area contributed by atoms with Gasteiger partial charge in [0.15, 0.2) is 0 Å². The molecule has 148 valence electrons. The van der Waals surface area contributed by atoms with E-state index in [0.717, 1.165) is 41.5 Å². The Labute approximate surface area is 167 Å². The van der Waals surface area contributed by atoms with Crippen molar-refractivity contribution in [2.24, 2.45) is 0 Å². The molecule has 0 N–H and O–H groups in total. The molecular weight excluding hydrogens is 383 g/mol. The minimum Gasteiger partial charge on any atom is -0.377 e. The molecule has 3 nitrogen and oxygen atoms in total. The van der Waals surface area contributed by atoms with Crippen molar-refractivity contribution in [1.29, 1.82) is 0 Å². The third kappa shape index (κ3) is 3.94. The van der Waals surface area contributed by atoms with Crippen LogP contribution in [0.15, 0.2) is 64.7 Å². The molecule has 28 heavy (non-hydrogen) atoms. The first-order valence-corrected chi connectivity index (χ1v) is 10.1. The fraction of sp³-hybridized carbons (Fsp3) is 0.333. The SMILES string of the molecule is CN1C=CN(CCCN2c3ccccc3Sc3ccc(C(F)(F)F)cc32)CC1. The number of halogens is 3. The van der Waals surface area contributed by atoms with E-state index in [0.29, 0.717) is 12.2 Å². The number of hydrogen-bond donors (Lipinski definition) is 0. The predicted molar refractivity (Wildman–Crippen MR) is 107 cm³/mol. The molecule has 0 amide bonds. The fourth-order valence-corrected chi connectivity index (χ4v) is 4.58. The van der Waals surface area contributed by atoms with Gasteiger partial charge >= 0.3 is 6.18 Å². The van der Waals surface area contributed by atoms with Crippen LogP contribution in [0.4, 0.5) is 24.5 Å². The van der Waals surface area contributed by atoms with E-state index >= 15 is 0 Å². The lowest BCUT2D eigenvalue weighted by atomic mass is 10.1. The summed E-state index contributed by atoms with van der Waals surface area (Å²) in [5.41, 5.74) is 1.03. The Morgan fingerprint density at radius 1 is 0.929 bits per heavy atom. The Kier molecular flexibility index (Phi) is 5.19. The Hall–Kier alpha value is -2.28. The number of benzene rings is 2. The minimum absolute atomic E-state index is 0.599. The lowest BCUT2D eigenvalue weighted by Gasteiger charge is -2.34. The molecule has 0 aliphatic carbocycles. The molecule has 2 heterocycles. The molecule has 2 aliphatic rings. The Balaban J connectivity index is 1.57. The van der Waals surface area contributed by atoms with Crippen LogP contribution in [0, 0.1) is 0 Å². The molecule has 0 saturated carbocycles. The summed E-state index contributed by atoms with van der Waals surface area (Å²) < 4.78 is 39.8. The van der Waals surface area contributed by atoms with Crippen molar-refractivity contribution in [2.75, 3.05) is 38.1 Å². The molecule has 2 aliphatic heterocycles. The zero-order valence-corrected chi connectivity index (χ0v) is 16.4. The molecule has 0 spiro atoms. The highest BCUT2D eigenvalue weighted by Gasteiger charge is 2.33. The van der Waals surface area contributed by atoms with Gasteiger partial charge in [0.25, 0.3) is 0 Å². The second-order valence-electron chi connectivity index (χ2n) is 7.07. The summed E-state index contributed by atoms with van der Waals surface area (Å²) in [6.07, 6.45) is 0.663. The van der Waals surface area contributed by atoms with Crippen molar-refractivity contribution in [2.45, 2.75) is 22.4 Å². The van der Waals surface area contributed by atoms with Crippen molar-refractivity contribution in [3.8, 4) is 0 Å². The first-order valence-electron chi connectivity index (χ1n) is 9.30. The highest BCUT2D eigenvalue weighted by molar-refractivity contribution is 7.99. The second-order valence-corrected chi connectivity index (χ2v) is 8.15. The van der Waals surface area contributed by atoms with Gasteiger partial charge in [0.2, 0.25) is 0 Å². The molecule has 2 aromatic rings. The van der Waals surface area contributed by atoms with E-state index in [4.69, 9.17) is 0 Å². The van der Waals surface area contributed by atoms with Crippen molar-refractivity contribution >= 4 is 23.1 Å². The first kappa shape index (κ1) is 19.1. The van der Waals surface area contributed by atoms with Crippen LogP contribution in [-0.4, -0.2) is 43.0 Å². The third-order valence-corrected chi connectivity index (χ3v) is 6.18. The van der Waals surface area contributed by atoms with E-state index in [1.165, 1.54) is 23.9 Å². The summed E-state index contributed by atoms with van der Waals surface area (Å²) in [6.45, 7) is 3.50. The molecule has 0 aromatic heterocycles. The zero-order chi connectivity index (χ0) is 19.7. The maximum atomic E-state index is 13.3. The van der Waals surface area contributed by atoms with Crippen LogP contribution in [0.2, 0.25) is 0 Å². The highest BCUT2D eigenvalue weighted by atomic mass is 32.2. The number of anilines is 2. The zero-order valence-electron chi connectivity index (χ0n) is 15.6. The molecule has 0 unspecified atom stereocenters. The number of rotatable bonds is 4. The van der Waals surface area contributed by atoms with Gasteiger partial charge in [0.05, 0.1) is 16.9 Å². The van der Waals surface area contributed by atoms with Gasteiger partial charge in [-0.2, -0.15) is 13.2 Å². The van der Waals surface area contributed by atoms with Crippen LogP contribution in [0.5, 0.6) is 0 Å². The predicted octanol–water partition coefficient (Wildman–Crippen LogP) is 5.42. The summed E-state index contributed by atoms with van der Waals surface area (Å²) >= 11 is 1.53. The number of para-hydroxylation sites is 1. The molecule has 0 bridgehead atoms. The number of alkyl halides is 3. The lowest BCUT2D eigenvalue weighted by Crippen LogP contribution is -2.34. The fourth-order valence-electron chi connectivity index (χ4n) is 3.51. The summed E-state index contributed by atoms with van der Waals surface area (Å²) in [5.74, 6) is 0. The van der Waals surface area contributed by atoms with Crippen LogP contribution in [-0.2, 0) is 6.18 Å². The highest BCUT2D eigenvalue weighted by Crippen LogP contribution is 2.49. The summed E-state index contributed by atoms with van der Waals surface area (Å²) in [4.78, 5) is 8.39. The minimum atomic E-state index is -4.34. The normalized spacial score (nSPS) is 16.2. The average molecular weight is 405 g/mol. The first-order chi connectivity index (χ1) is 13.4. The molecule has 0 atom stereocenters. The third-order valence-electron chi connectivity index (χ3n) is 5.05. The second kappa shape index (κ2) is 7.62. The van der Waals surface area contributed by atoms with E-state index in [2.05, 4.69) is 22.2 Å². The van der Waals surface area contributed by atoms with E-state index in [-0.39, 0.29) is 0 Å². The van der Waals surface area contributed by atoms with Gasteiger partial charge in [-0.3, -0.25) is 0 Å². The Morgan fingerprint density at radius 3 is 2.46 bits per heavy atom. The van der Waals surface area contributed by atoms with Crippen molar-refractivity contribution in [1.82, 2.24) is 9.80 Å². The Bertz CT molecular complexity index is 881. The molecule has 4 rings (SSSR count). The standard InChI is InChI=1S/C21H22F3N3S/c1-25-11-13-26(14-12-25)9-4-10-27-17-5-2-3-6-19(17)28-20-8-7-16(15-18(20)27)21(22,23)24/h2-3,5-8,11,13,15H,4,9-10,12,14H2,1H3. The van der Waals surface area contributed by atoms with Crippen LogP contribution < -0.4 is 4.90 Å². The van der Waals surface area contributed by atoms with Gasteiger partial charge in [-0.25, -0.2) is 0 Å². The number of fused-ring (bicyclic) bond motifs is 2. The maximum absolute atomic E-state index is 13.3.